The molecule has 11 heteroatoms. The molecule has 3 N–H and O–H groups in total. The lowest BCUT2D eigenvalue weighted by Crippen LogP contribution is -2.30. The summed E-state index contributed by atoms with van der Waals surface area (Å²) in [6, 6.07) is 26.8. The second-order valence-corrected chi connectivity index (χ2v) is 11.9. The average molecular weight is 639 g/mol. The highest BCUT2D eigenvalue weighted by molar-refractivity contribution is 8.00. The van der Waals surface area contributed by atoms with Crippen LogP contribution < -0.4 is 25.4 Å². The summed E-state index contributed by atoms with van der Waals surface area (Å²) in [5, 5.41) is 8.99. The number of hydrogen-bond acceptors (Lipinski definition) is 8. The van der Waals surface area contributed by atoms with Crippen LogP contribution in [0.1, 0.15) is 21.5 Å². The smallest absolute Gasteiger partial charge is 0.272 e. The van der Waals surface area contributed by atoms with Gasteiger partial charge in [0.2, 0.25) is 5.91 Å². The van der Waals surface area contributed by atoms with E-state index in [1.54, 1.807) is 60.7 Å². The van der Waals surface area contributed by atoms with Crippen molar-refractivity contribution < 1.29 is 23.9 Å². The van der Waals surface area contributed by atoms with E-state index in [9.17, 15) is 14.4 Å². The Morgan fingerprint density at radius 1 is 0.889 bits per heavy atom. The van der Waals surface area contributed by atoms with Crippen molar-refractivity contribution in [2.75, 3.05) is 30.6 Å². The van der Waals surface area contributed by atoms with Crippen molar-refractivity contribution in [2.24, 2.45) is 0 Å². The molecule has 1 heterocycles. The highest BCUT2D eigenvalue weighted by Crippen LogP contribution is 2.28. The Kier molecular flexibility index (Phi) is 10.1. The standard InChI is InChI=1S/C34H30N4O5S2/c1-21-9-15-27-30(17-21)45-34(37-27)38-31(39)20-44-26-13-10-24(11-14-26)35-33(41)28(36-32(40)22-7-5-4-6-8-22)19-23-18-25(42-2)12-16-29(23)43-3/h4-19H,20H2,1-3H3,(H,35,41)(H,36,40)(H,37,38,39)/b28-19-. The van der Waals surface area contributed by atoms with Gasteiger partial charge in [-0.15, -0.1) is 11.8 Å². The SMILES string of the molecule is COc1ccc(OC)c(/C=C(\NC(=O)c2ccccc2)C(=O)Nc2ccc(SCC(=O)Nc3nc4ccc(C)cc4s3)cc2)c1. The number of aryl methyl sites for hydroxylation is 1. The first-order valence-electron chi connectivity index (χ1n) is 13.8. The lowest BCUT2D eigenvalue weighted by atomic mass is 10.1. The van der Waals surface area contributed by atoms with Gasteiger partial charge in [0.15, 0.2) is 5.13 Å². The van der Waals surface area contributed by atoms with E-state index in [1.165, 1.54) is 43.4 Å². The summed E-state index contributed by atoms with van der Waals surface area (Å²) in [5.41, 5.74) is 3.46. The molecule has 0 bridgehead atoms. The molecule has 45 heavy (non-hydrogen) atoms. The lowest BCUT2D eigenvalue weighted by molar-refractivity contribution is -0.114. The number of nitrogens with one attached hydrogen (secondary N) is 3. The van der Waals surface area contributed by atoms with Crippen molar-refractivity contribution in [3.63, 3.8) is 0 Å². The Balaban J connectivity index is 1.25. The molecule has 0 fully saturated rings. The van der Waals surface area contributed by atoms with E-state index in [0.29, 0.717) is 33.4 Å². The summed E-state index contributed by atoms with van der Waals surface area (Å²) in [6.07, 6.45) is 1.53. The van der Waals surface area contributed by atoms with Crippen LogP contribution in [0.3, 0.4) is 0 Å². The number of aromatic nitrogens is 1. The van der Waals surface area contributed by atoms with Crippen LogP contribution in [0.2, 0.25) is 0 Å². The first kappa shape index (κ1) is 31.3. The van der Waals surface area contributed by atoms with Gasteiger partial charge >= 0.3 is 0 Å². The number of rotatable bonds is 11. The topological polar surface area (TPSA) is 119 Å². The molecular formula is C34H30N4O5S2. The second kappa shape index (κ2) is 14.6. The first-order chi connectivity index (χ1) is 21.8. The third-order valence-electron chi connectivity index (χ3n) is 6.54. The van der Waals surface area contributed by atoms with E-state index < -0.39 is 11.8 Å². The van der Waals surface area contributed by atoms with Crippen molar-refractivity contribution in [3.8, 4) is 11.5 Å². The van der Waals surface area contributed by atoms with Crippen molar-refractivity contribution >= 4 is 67.9 Å². The molecule has 0 saturated carbocycles. The monoisotopic (exact) mass is 638 g/mol. The number of carbonyl (C=O) groups is 3. The van der Waals surface area contributed by atoms with Crippen LogP contribution in [-0.2, 0) is 9.59 Å². The summed E-state index contributed by atoms with van der Waals surface area (Å²) < 4.78 is 11.8. The number of benzene rings is 4. The molecule has 0 atom stereocenters. The number of fused-ring (bicyclic) bond motifs is 1. The number of thiazole rings is 1. The molecule has 9 nitrogen and oxygen atoms in total. The quantitative estimate of drug-likeness (QED) is 0.108. The van der Waals surface area contributed by atoms with Gasteiger partial charge in [0.05, 0.1) is 30.2 Å². The summed E-state index contributed by atoms with van der Waals surface area (Å²) in [4.78, 5) is 44.3. The summed E-state index contributed by atoms with van der Waals surface area (Å²) in [6.45, 7) is 2.02. The fourth-order valence-corrected chi connectivity index (χ4v) is 5.95. The predicted molar refractivity (Wildman–Crippen MR) is 180 cm³/mol. The van der Waals surface area contributed by atoms with E-state index in [4.69, 9.17) is 9.47 Å². The minimum atomic E-state index is -0.532. The molecule has 228 valence electrons. The maximum absolute atomic E-state index is 13.5. The molecule has 4 aromatic carbocycles. The highest BCUT2D eigenvalue weighted by atomic mass is 32.2. The molecule has 5 rings (SSSR count). The predicted octanol–water partition coefficient (Wildman–Crippen LogP) is 6.76. The zero-order chi connectivity index (χ0) is 31.8. The molecule has 0 aliphatic rings. The number of anilines is 2. The van der Waals surface area contributed by atoms with Gasteiger partial charge in [-0.3, -0.25) is 14.4 Å². The highest BCUT2D eigenvalue weighted by Gasteiger charge is 2.17. The third-order valence-corrected chi connectivity index (χ3v) is 8.48. The normalized spacial score (nSPS) is 11.1. The minimum absolute atomic E-state index is 0.00976. The molecular weight excluding hydrogens is 609 g/mol. The maximum atomic E-state index is 13.5. The van der Waals surface area contributed by atoms with Crippen LogP contribution >= 0.6 is 23.1 Å². The molecule has 0 unspecified atom stereocenters. The molecule has 3 amide bonds. The Morgan fingerprint density at radius 3 is 2.40 bits per heavy atom. The average Bonchev–Trinajstić information content (AvgIpc) is 3.45. The fourth-order valence-electron chi connectivity index (χ4n) is 4.27. The van der Waals surface area contributed by atoms with E-state index in [1.807, 2.05) is 37.3 Å². The maximum Gasteiger partial charge on any atom is 0.272 e. The van der Waals surface area contributed by atoms with Crippen LogP contribution in [0.25, 0.3) is 16.3 Å². The van der Waals surface area contributed by atoms with Crippen molar-refractivity contribution in [3.05, 3.63) is 113 Å². The van der Waals surface area contributed by atoms with Crippen LogP contribution in [0.5, 0.6) is 11.5 Å². The zero-order valence-electron chi connectivity index (χ0n) is 24.7. The Bertz CT molecular complexity index is 1870. The van der Waals surface area contributed by atoms with Gasteiger partial charge in [0, 0.05) is 21.7 Å². The van der Waals surface area contributed by atoms with Gasteiger partial charge in [-0.1, -0.05) is 35.6 Å². The number of nitrogens with zero attached hydrogens (tertiary/aromatic N) is 1. The Hall–Kier alpha value is -5.13. The van der Waals surface area contributed by atoms with Crippen LogP contribution in [0.15, 0.2) is 102 Å². The number of amides is 3. The Labute approximate surface area is 268 Å². The molecule has 1 aromatic heterocycles. The fraction of sp³-hybridized carbons (Fsp3) is 0.118. The summed E-state index contributed by atoms with van der Waals surface area (Å²) in [7, 11) is 3.06. The molecule has 0 aliphatic carbocycles. The van der Waals surface area contributed by atoms with Gasteiger partial charge < -0.3 is 25.4 Å². The van der Waals surface area contributed by atoms with Gasteiger partial charge in [-0.2, -0.15) is 0 Å². The molecule has 0 aliphatic heterocycles. The number of thioether (sulfide) groups is 1. The second-order valence-electron chi connectivity index (χ2n) is 9.79. The molecule has 0 spiro atoms. The van der Waals surface area contributed by atoms with E-state index in [2.05, 4.69) is 20.9 Å². The Morgan fingerprint density at radius 2 is 1.67 bits per heavy atom. The number of carbonyl (C=O) groups excluding carboxylic acids is 3. The van der Waals surface area contributed by atoms with Crippen LogP contribution in [-0.4, -0.2) is 42.7 Å². The van der Waals surface area contributed by atoms with Gasteiger partial charge in [0.1, 0.15) is 17.2 Å². The molecule has 0 radical (unpaired) electrons. The van der Waals surface area contributed by atoms with Crippen molar-refractivity contribution in [1.82, 2.24) is 10.3 Å². The van der Waals surface area contributed by atoms with Crippen LogP contribution in [0.4, 0.5) is 10.8 Å². The first-order valence-corrected chi connectivity index (χ1v) is 15.6. The zero-order valence-corrected chi connectivity index (χ0v) is 26.4. The van der Waals surface area contributed by atoms with E-state index >= 15 is 0 Å². The van der Waals surface area contributed by atoms with E-state index in [-0.39, 0.29) is 17.4 Å². The van der Waals surface area contributed by atoms with Gasteiger partial charge in [0.25, 0.3) is 11.8 Å². The van der Waals surface area contributed by atoms with Gasteiger partial charge in [-0.25, -0.2) is 4.98 Å². The third kappa shape index (κ3) is 8.28. The van der Waals surface area contributed by atoms with Gasteiger partial charge in [-0.05, 0) is 85.3 Å². The lowest BCUT2D eigenvalue weighted by Gasteiger charge is -2.13. The number of methoxy groups -OCH3 is 2. The van der Waals surface area contributed by atoms with Crippen molar-refractivity contribution in [1.29, 1.82) is 0 Å². The van der Waals surface area contributed by atoms with Crippen LogP contribution in [0, 0.1) is 6.92 Å². The minimum Gasteiger partial charge on any atom is -0.497 e. The van der Waals surface area contributed by atoms with Crippen molar-refractivity contribution in [2.45, 2.75) is 11.8 Å². The van der Waals surface area contributed by atoms with E-state index in [0.717, 1.165) is 20.7 Å². The largest absolute Gasteiger partial charge is 0.497 e. The number of hydrogen-bond donors (Lipinski definition) is 3. The number of ether oxygens (including phenoxy) is 2. The molecule has 5 aromatic rings. The summed E-state index contributed by atoms with van der Waals surface area (Å²) >= 11 is 2.81. The summed E-state index contributed by atoms with van der Waals surface area (Å²) in [5.74, 6) is 0.123. The molecule has 0 saturated heterocycles.